The van der Waals surface area contributed by atoms with Crippen LogP contribution in [-0.2, 0) is 16.6 Å². The summed E-state index contributed by atoms with van der Waals surface area (Å²) in [6, 6.07) is 0.417. The van der Waals surface area contributed by atoms with Crippen LogP contribution in [0.3, 0.4) is 0 Å². The molecule has 2 heterocycles. The molecular weight excluding hydrogens is 276 g/mol. The van der Waals surface area contributed by atoms with Gasteiger partial charge in [-0.3, -0.25) is 4.68 Å². The summed E-state index contributed by atoms with van der Waals surface area (Å²) < 4.78 is 28.1. The van der Waals surface area contributed by atoms with Gasteiger partial charge in [0.05, 0.1) is 12.7 Å². The summed E-state index contributed by atoms with van der Waals surface area (Å²) in [5, 5.41) is 7.42. The lowest BCUT2D eigenvalue weighted by molar-refractivity contribution is 0.464. The molecule has 7 heteroatoms. The highest BCUT2D eigenvalue weighted by molar-refractivity contribution is 7.89. The van der Waals surface area contributed by atoms with E-state index in [4.69, 9.17) is 0 Å². The van der Waals surface area contributed by atoms with E-state index in [1.807, 2.05) is 0 Å². The normalized spacial score (nSPS) is 20.9. The smallest absolute Gasteiger partial charge is 0.246 e. The van der Waals surface area contributed by atoms with Crippen LogP contribution in [0.25, 0.3) is 0 Å². The van der Waals surface area contributed by atoms with Crippen molar-refractivity contribution in [2.75, 3.05) is 19.6 Å². The molecule has 0 aliphatic carbocycles. The molecule has 0 bridgehead atoms. The second-order valence-corrected chi connectivity index (χ2v) is 7.74. The summed E-state index contributed by atoms with van der Waals surface area (Å²) in [6.45, 7) is 8.91. The van der Waals surface area contributed by atoms with Crippen molar-refractivity contribution in [2.24, 2.45) is 5.92 Å². The molecule has 20 heavy (non-hydrogen) atoms. The Labute approximate surface area is 121 Å². The maximum Gasteiger partial charge on any atom is 0.246 e. The third-order valence-electron chi connectivity index (χ3n) is 3.53. The minimum Gasteiger partial charge on any atom is -0.313 e. The number of nitrogens with one attached hydrogen (secondary N) is 1. The van der Waals surface area contributed by atoms with E-state index >= 15 is 0 Å². The van der Waals surface area contributed by atoms with Gasteiger partial charge in [0.1, 0.15) is 4.90 Å². The molecular formula is C13H24N4O2S. The summed E-state index contributed by atoms with van der Waals surface area (Å²) in [4.78, 5) is 0.302. The van der Waals surface area contributed by atoms with Gasteiger partial charge < -0.3 is 5.32 Å². The second-order valence-electron chi connectivity index (χ2n) is 5.80. The summed E-state index contributed by atoms with van der Waals surface area (Å²) in [7, 11) is -3.36. The highest BCUT2D eigenvalue weighted by atomic mass is 32.2. The van der Waals surface area contributed by atoms with Crippen LogP contribution in [0.1, 0.15) is 27.2 Å². The molecule has 1 aromatic heterocycles. The van der Waals surface area contributed by atoms with E-state index in [0.29, 0.717) is 36.5 Å². The number of sulfonamides is 1. The maximum atomic E-state index is 12.4. The van der Waals surface area contributed by atoms with Gasteiger partial charge in [0.15, 0.2) is 0 Å². The average molecular weight is 300 g/mol. The molecule has 1 aliphatic heterocycles. The van der Waals surface area contributed by atoms with Crippen LogP contribution in [-0.4, -0.2) is 48.2 Å². The van der Waals surface area contributed by atoms with Crippen LogP contribution in [0.2, 0.25) is 0 Å². The van der Waals surface area contributed by atoms with Gasteiger partial charge in [-0.05, 0) is 12.3 Å². The van der Waals surface area contributed by atoms with Crippen LogP contribution in [0.4, 0.5) is 0 Å². The summed E-state index contributed by atoms with van der Waals surface area (Å²) in [5.74, 6) is 0.440. The Balaban J connectivity index is 2.00. The zero-order valence-corrected chi connectivity index (χ0v) is 13.2. The number of nitrogens with zero attached hydrogens (tertiary/aromatic N) is 3. The Kier molecular flexibility index (Phi) is 4.82. The summed E-state index contributed by atoms with van der Waals surface area (Å²) >= 11 is 0. The van der Waals surface area contributed by atoms with Crippen molar-refractivity contribution >= 4 is 10.0 Å². The lowest BCUT2D eigenvalue weighted by atomic mass is 10.2. The fourth-order valence-electron chi connectivity index (χ4n) is 2.33. The lowest BCUT2D eigenvalue weighted by Gasteiger charge is -2.14. The molecule has 1 atom stereocenters. The first-order chi connectivity index (χ1) is 9.39. The highest BCUT2D eigenvalue weighted by Gasteiger charge is 2.31. The molecule has 114 valence electrons. The number of rotatable bonds is 6. The van der Waals surface area contributed by atoms with Crippen molar-refractivity contribution in [3.8, 4) is 0 Å². The van der Waals surface area contributed by atoms with Gasteiger partial charge in [0.2, 0.25) is 10.0 Å². The maximum absolute atomic E-state index is 12.4. The van der Waals surface area contributed by atoms with E-state index < -0.39 is 10.0 Å². The Morgan fingerprint density at radius 2 is 2.25 bits per heavy atom. The van der Waals surface area contributed by atoms with E-state index in [-0.39, 0.29) is 0 Å². The van der Waals surface area contributed by atoms with Crippen molar-refractivity contribution in [2.45, 2.75) is 44.7 Å². The Hall–Kier alpha value is -0.920. The van der Waals surface area contributed by atoms with E-state index in [9.17, 15) is 8.42 Å². The van der Waals surface area contributed by atoms with E-state index in [1.54, 1.807) is 15.2 Å². The van der Waals surface area contributed by atoms with Crippen molar-refractivity contribution < 1.29 is 8.42 Å². The second kappa shape index (κ2) is 6.24. The topological polar surface area (TPSA) is 67.2 Å². The molecule has 1 fully saturated rings. The molecule has 1 saturated heterocycles. The monoisotopic (exact) mass is 300 g/mol. The molecule has 0 radical (unpaired) electrons. The molecule has 2 rings (SSSR count). The number of hydrogen-bond acceptors (Lipinski definition) is 4. The van der Waals surface area contributed by atoms with Crippen LogP contribution in [0.15, 0.2) is 17.3 Å². The minimum atomic E-state index is -3.36. The first-order valence-corrected chi connectivity index (χ1v) is 8.59. The molecule has 0 amide bonds. The van der Waals surface area contributed by atoms with Crippen molar-refractivity contribution in [3.05, 3.63) is 12.4 Å². The Bertz CT molecular complexity index is 538. The molecule has 1 unspecified atom stereocenters. The van der Waals surface area contributed by atoms with E-state index in [0.717, 1.165) is 13.0 Å². The standard InChI is InChI=1S/C13H24N4O2S/c1-11(2)14-5-7-16-10-13(8-15-16)20(18,19)17-6-4-12(3)9-17/h8,10-12,14H,4-7,9H2,1-3H3. The Morgan fingerprint density at radius 3 is 2.85 bits per heavy atom. The fraction of sp³-hybridized carbons (Fsp3) is 0.769. The van der Waals surface area contributed by atoms with Crippen molar-refractivity contribution in [3.63, 3.8) is 0 Å². The van der Waals surface area contributed by atoms with Crippen LogP contribution < -0.4 is 5.32 Å². The van der Waals surface area contributed by atoms with Crippen molar-refractivity contribution in [1.29, 1.82) is 0 Å². The Morgan fingerprint density at radius 1 is 1.50 bits per heavy atom. The zero-order valence-electron chi connectivity index (χ0n) is 12.4. The molecule has 6 nitrogen and oxygen atoms in total. The zero-order chi connectivity index (χ0) is 14.8. The van der Waals surface area contributed by atoms with Gasteiger partial charge in [-0.25, -0.2) is 8.42 Å². The predicted octanol–water partition coefficient (Wildman–Crippen LogP) is 0.912. The van der Waals surface area contributed by atoms with Crippen LogP contribution in [0, 0.1) is 5.92 Å². The van der Waals surface area contributed by atoms with Gasteiger partial charge >= 0.3 is 0 Å². The average Bonchev–Trinajstić information content (AvgIpc) is 2.98. The lowest BCUT2D eigenvalue weighted by Crippen LogP contribution is -2.28. The highest BCUT2D eigenvalue weighted by Crippen LogP contribution is 2.23. The molecule has 1 N–H and O–H groups in total. The molecule has 1 aliphatic rings. The summed E-state index contributed by atoms with van der Waals surface area (Å²) in [6.07, 6.45) is 4.01. The van der Waals surface area contributed by atoms with Crippen molar-refractivity contribution in [1.82, 2.24) is 19.4 Å². The van der Waals surface area contributed by atoms with Gasteiger partial charge in [-0.2, -0.15) is 9.40 Å². The first-order valence-electron chi connectivity index (χ1n) is 7.15. The third kappa shape index (κ3) is 3.59. The number of aromatic nitrogens is 2. The quantitative estimate of drug-likeness (QED) is 0.848. The van der Waals surface area contributed by atoms with Gasteiger partial charge in [-0.15, -0.1) is 0 Å². The van der Waals surface area contributed by atoms with E-state index in [1.165, 1.54) is 6.20 Å². The molecule has 0 saturated carbocycles. The summed E-state index contributed by atoms with van der Waals surface area (Å²) in [5.41, 5.74) is 0. The largest absolute Gasteiger partial charge is 0.313 e. The van der Waals surface area contributed by atoms with Gasteiger partial charge in [0.25, 0.3) is 0 Å². The molecule has 0 aromatic carbocycles. The molecule has 0 spiro atoms. The van der Waals surface area contributed by atoms with Gasteiger partial charge in [-0.1, -0.05) is 20.8 Å². The van der Waals surface area contributed by atoms with Crippen LogP contribution >= 0.6 is 0 Å². The van der Waals surface area contributed by atoms with E-state index in [2.05, 4.69) is 31.2 Å². The number of hydrogen-bond donors (Lipinski definition) is 1. The first kappa shape index (κ1) is 15.5. The SMILES string of the molecule is CC1CCN(S(=O)(=O)c2cnn(CCNC(C)C)c2)C1. The fourth-order valence-corrected chi connectivity index (χ4v) is 3.86. The predicted molar refractivity (Wildman–Crippen MR) is 77.9 cm³/mol. The molecule has 1 aromatic rings. The van der Waals surface area contributed by atoms with Crippen LogP contribution in [0.5, 0.6) is 0 Å². The van der Waals surface area contributed by atoms with Gasteiger partial charge in [0, 0.05) is 31.9 Å². The minimum absolute atomic E-state index is 0.302. The third-order valence-corrected chi connectivity index (χ3v) is 5.35.